The molecule has 5 heteroatoms. The Morgan fingerprint density at radius 2 is 2.06 bits per heavy atom. The van der Waals surface area contributed by atoms with E-state index in [-0.39, 0.29) is 18.9 Å². The van der Waals surface area contributed by atoms with Gasteiger partial charge in [-0.15, -0.1) is 0 Å². The lowest BCUT2D eigenvalue weighted by molar-refractivity contribution is 0.191. The minimum absolute atomic E-state index is 0.0849. The molecular weight excluding hydrogens is 237 g/mol. The summed E-state index contributed by atoms with van der Waals surface area (Å²) in [5, 5.41) is 11.8. The molecule has 18 heavy (non-hydrogen) atoms. The zero-order valence-corrected chi connectivity index (χ0v) is 9.52. The number of nitrogens with one attached hydrogen (secondary N) is 1. The lowest BCUT2D eigenvalue weighted by Gasteiger charge is -2.09. The van der Waals surface area contributed by atoms with Crippen molar-refractivity contribution in [3.8, 4) is 5.75 Å². The molecule has 2 aromatic carbocycles. The maximum Gasteiger partial charge on any atom is 0.404 e. The first-order valence-electron chi connectivity index (χ1n) is 5.45. The standard InChI is InChI=1S/C13H12FNO3/c14-12-10-4-2-1-3-9(10)5-6-11(12)18-8-7-15-13(16)17/h1-6,15H,7-8H2,(H,16,17). The predicted octanol–water partition coefficient (Wildman–Crippen LogP) is 2.63. The van der Waals surface area contributed by atoms with Crippen LogP contribution in [0, 0.1) is 5.82 Å². The number of hydrogen-bond acceptors (Lipinski definition) is 2. The molecule has 0 heterocycles. The summed E-state index contributed by atoms with van der Waals surface area (Å²) >= 11 is 0. The maximum atomic E-state index is 14.0. The van der Waals surface area contributed by atoms with Crippen molar-refractivity contribution in [3.63, 3.8) is 0 Å². The monoisotopic (exact) mass is 249 g/mol. The van der Waals surface area contributed by atoms with Crippen LogP contribution in [0.25, 0.3) is 10.8 Å². The number of carbonyl (C=O) groups is 1. The zero-order valence-electron chi connectivity index (χ0n) is 9.52. The van der Waals surface area contributed by atoms with E-state index in [1.807, 2.05) is 12.1 Å². The topological polar surface area (TPSA) is 58.6 Å². The van der Waals surface area contributed by atoms with Gasteiger partial charge in [0.15, 0.2) is 11.6 Å². The fraction of sp³-hybridized carbons (Fsp3) is 0.154. The van der Waals surface area contributed by atoms with Crippen LogP contribution >= 0.6 is 0 Å². The minimum atomic E-state index is -1.13. The second kappa shape index (κ2) is 5.35. The van der Waals surface area contributed by atoms with Crippen molar-refractivity contribution in [2.45, 2.75) is 0 Å². The van der Waals surface area contributed by atoms with E-state index in [0.29, 0.717) is 5.39 Å². The van der Waals surface area contributed by atoms with Gasteiger partial charge in [-0.25, -0.2) is 9.18 Å². The molecular formula is C13H12FNO3. The van der Waals surface area contributed by atoms with Crippen LogP contribution in [0.5, 0.6) is 5.75 Å². The molecule has 2 aromatic rings. The van der Waals surface area contributed by atoms with E-state index < -0.39 is 11.9 Å². The van der Waals surface area contributed by atoms with E-state index in [1.165, 1.54) is 0 Å². The number of carboxylic acid groups (broad SMARTS) is 1. The molecule has 4 nitrogen and oxygen atoms in total. The van der Waals surface area contributed by atoms with Crippen molar-refractivity contribution < 1.29 is 19.0 Å². The Morgan fingerprint density at radius 3 is 2.83 bits per heavy atom. The molecule has 0 radical (unpaired) electrons. The molecule has 0 saturated heterocycles. The molecule has 2 N–H and O–H groups in total. The molecule has 0 unspecified atom stereocenters. The fourth-order valence-corrected chi connectivity index (χ4v) is 1.64. The largest absolute Gasteiger partial charge is 0.489 e. The Hall–Kier alpha value is -2.30. The Labute approximate surface area is 103 Å². The van der Waals surface area contributed by atoms with Crippen molar-refractivity contribution in [3.05, 3.63) is 42.2 Å². The van der Waals surface area contributed by atoms with Crippen LogP contribution in [0.1, 0.15) is 0 Å². The van der Waals surface area contributed by atoms with Crippen LogP contribution in [0.2, 0.25) is 0 Å². The van der Waals surface area contributed by atoms with Gasteiger partial charge in [0.2, 0.25) is 0 Å². The fourth-order valence-electron chi connectivity index (χ4n) is 1.64. The van der Waals surface area contributed by atoms with Crippen LogP contribution in [-0.4, -0.2) is 24.4 Å². The highest BCUT2D eigenvalue weighted by Gasteiger charge is 2.07. The smallest absolute Gasteiger partial charge is 0.404 e. The van der Waals surface area contributed by atoms with Gasteiger partial charge in [-0.05, 0) is 11.5 Å². The molecule has 94 valence electrons. The predicted molar refractivity (Wildman–Crippen MR) is 65.4 cm³/mol. The first kappa shape index (κ1) is 12.2. The van der Waals surface area contributed by atoms with Crippen molar-refractivity contribution in [1.29, 1.82) is 0 Å². The van der Waals surface area contributed by atoms with Gasteiger partial charge >= 0.3 is 6.09 Å². The first-order valence-corrected chi connectivity index (χ1v) is 5.45. The van der Waals surface area contributed by atoms with Crippen LogP contribution in [0.15, 0.2) is 36.4 Å². The van der Waals surface area contributed by atoms with Gasteiger partial charge in [0, 0.05) is 5.39 Å². The van der Waals surface area contributed by atoms with Gasteiger partial charge in [-0.1, -0.05) is 30.3 Å². The first-order chi connectivity index (χ1) is 8.68. The van der Waals surface area contributed by atoms with Crippen molar-refractivity contribution in [2.24, 2.45) is 0 Å². The molecule has 0 bridgehead atoms. The average Bonchev–Trinajstić information content (AvgIpc) is 2.37. The molecule has 0 aliphatic heterocycles. The highest BCUT2D eigenvalue weighted by Crippen LogP contribution is 2.25. The molecule has 1 amide bonds. The van der Waals surface area contributed by atoms with E-state index >= 15 is 0 Å². The lowest BCUT2D eigenvalue weighted by atomic mass is 10.1. The summed E-state index contributed by atoms with van der Waals surface area (Å²) in [6.45, 7) is 0.198. The lowest BCUT2D eigenvalue weighted by Crippen LogP contribution is -2.26. The molecule has 2 rings (SSSR count). The Morgan fingerprint density at radius 1 is 1.28 bits per heavy atom. The zero-order chi connectivity index (χ0) is 13.0. The second-order valence-electron chi connectivity index (χ2n) is 3.68. The molecule has 0 atom stereocenters. The molecule has 0 saturated carbocycles. The Kier molecular flexibility index (Phi) is 3.62. The van der Waals surface area contributed by atoms with Gasteiger partial charge in [-0.2, -0.15) is 0 Å². The van der Waals surface area contributed by atoms with Gasteiger partial charge in [0.25, 0.3) is 0 Å². The highest BCUT2D eigenvalue weighted by molar-refractivity contribution is 5.84. The quantitative estimate of drug-likeness (QED) is 0.819. The number of fused-ring (bicyclic) bond motifs is 1. The molecule has 0 spiro atoms. The summed E-state index contributed by atoms with van der Waals surface area (Å²) in [5.41, 5.74) is 0. The number of amides is 1. The maximum absolute atomic E-state index is 14.0. The second-order valence-corrected chi connectivity index (χ2v) is 3.68. The van der Waals surface area contributed by atoms with Crippen molar-refractivity contribution in [2.75, 3.05) is 13.2 Å². The van der Waals surface area contributed by atoms with E-state index in [2.05, 4.69) is 5.32 Å². The minimum Gasteiger partial charge on any atom is -0.489 e. The third-order valence-corrected chi connectivity index (χ3v) is 2.46. The number of ether oxygens (including phenoxy) is 1. The van der Waals surface area contributed by atoms with E-state index in [1.54, 1.807) is 24.3 Å². The van der Waals surface area contributed by atoms with Crippen LogP contribution in [0.4, 0.5) is 9.18 Å². The Balaban J connectivity index is 2.09. The summed E-state index contributed by atoms with van der Waals surface area (Å²) < 4.78 is 19.2. The summed E-state index contributed by atoms with van der Waals surface area (Å²) in [4.78, 5) is 10.2. The molecule has 0 aliphatic rings. The number of rotatable bonds is 4. The molecule has 0 aromatic heterocycles. The number of hydrogen-bond donors (Lipinski definition) is 2. The van der Waals surface area contributed by atoms with Crippen molar-refractivity contribution >= 4 is 16.9 Å². The van der Waals surface area contributed by atoms with Gasteiger partial charge in [-0.3, -0.25) is 0 Å². The van der Waals surface area contributed by atoms with Gasteiger partial charge in [0.1, 0.15) is 6.61 Å². The van der Waals surface area contributed by atoms with Gasteiger partial charge < -0.3 is 15.2 Å². The van der Waals surface area contributed by atoms with Crippen LogP contribution in [-0.2, 0) is 0 Å². The van der Waals surface area contributed by atoms with E-state index in [0.717, 1.165) is 5.39 Å². The van der Waals surface area contributed by atoms with Crippen LogP contribution in [0.3, 0.4) is 0 Å². The van der Waals surface area contributed by atoms with E-state index in [9.17, 15) is 9.18 Å². The molecule has 0 fully saturated rings. The molecule has 0 aliphatic carbocycles. The number of halogens is 1. The summed E-state index contributed by atoms with van der Waals surface area (Å²) in [7, 11) is 0. The van der Waals surface area contributed by atoms with E-state index in [4.69, 9.17) is 9.84 Å². The van der Waals surface area contributed by atoms with Crippen LogP contribution < -0.4 is 10.1 Å². The summed E-state index contributed by atoms with van der Waals surface area (Å²) in [5.74, 6) is -0.302. The summed E-state index contributed by atoms with van der Waals surface area (Å²) in [6, 6.07) is 10.4. The SMILES string of the molecule is O=C(O)NCCOc1ccc2ccccc2c1F. The highest BCUT2D eigenvalue weighted by atomic mass is 19.1. The number of benzene rings is 2. The van der Waals surface area contributed by atoms with Gasteiger partial charge in [0.05, 0.1) is 6.54 Å². The Bertz CT molecular complexity index is 571. The normalized spacial score (nSPS) is 10.3. The average molecular weight is 249 g/mol. The third-order valence-electron chi connectivity index (χ3n) is 2.46. The summed E-state index contributed by atoms with van der Waals surface area (Å²) in [6.07, 6.45) is -1.13. The third kappa shape index (κ3) is 2.68. The van der Waals surface area contributed by atoms with Crippen molar-refractivity contribution in [1.82, 2.24) is 5.32 Å².